The van der Waals surface area contributed by atoms with Crippen LogP contribution in [0.15, 0.2) is 29.3 Å². The van der Waals surface area contributed by atoms with E-state index >= 15 is 0 Å². The van der Waals surface area contributed by atoms with Gasteiger partial charge in [0.1, 0.15) is 0 Å². The van der Waals surface area contributed by atoms with Crippen LogP contribution >= 0.6 is 11.6 Å². The second kappa shape index (κ2) is 9.66. The molecule has 0 spiro atoms. The molecule has 0 atom stereocenters. The van der Waals surface area contributed by atoms with Gasteiger partial charge in [0.05, 0.1) is 10.6 Å². The smallest absolute Gasteiger partial charge is 0.252 e. The number of hydrogen-bond acceptors (Lipinski definition) is 2. The summed E-state index contributed by atoms with van der Waals surface area (Å²) in [4.78, 5) is 16.4. The van der Waals surface area contributed by atoms with E-state index in [-0.39, 0.29) is 5.91 Å². The highest BCUT2D eigenvalue weighted by Crippen LogP contribution is 2.40. The van der Waals surface area contributed by atoms with Crippen LogP contribution in [0.25, 0.3) is 0 Å². The molecule has 0 aromatic heterocycles. The van der Waals surface area contributed by atoms with Crippen molar-refractivity contribution in [3.8, 4) is 0 Å². The third-order valence-corrected chi connectivity index (χ3v) is 5.42. The summed E-state index contributed by atoms with van der Waals surface area (Å²) in [6.07, 6.45) is 6.44. The van der Waals surface area contributed by atoms with E-state index in [1.807, 2.05) is 6.07 Å². The highest BCUT2D eigenvalue weighted by molar-refractivity contribution is 6.33. The van der Waals surface area contributed by atoms with E-state index in [0.717, 1.165) is 12.5 Å². The van der Waals surface area contributed by atoms with E-state index < -0.39 is 0 Å². The Morgan fingerprint density at radius 3 is 2.48 bits per heavy atom. The van der Waals surface area contributed by atoms with Gasteiger partial charge < -0.3 is 16.0 Å². The molecular formula is C19H29ClN4O. The van der Waals surface area contributed by atoms with Gasteiger partial charge in [-0.25, -0.2) is 0 Å². The van der Waals surface area contributed by atoms with Gasteiger partial charge >= 0.3 is 0 Å². The maximum atomic E-state index is 12.1. The Morgan fingerprint density at radius 1 is 1.16 bits per heavy atom. The zero-order chi connectivity index (χ0) is 18.1. The summed E-state index contributed by atoms with van der Waals surface area (Å²) in [5, 5.41) is 10.0. The van der Waals surface area contributed by atoms with Gasteiger partial charge in [-0.1, -0.05) is 43.5 Å². The van der Waals surface area contributed by atoms with E-state index in [4.69, 9.17) is 11.6 Å². The normalized spacial score (nSPS) is 16.5. The summed E-state index contributed by atoms with van der Waals surface area (Å²) < 4.78 is 0. The van der Waals surface area contributed by atoms with E-state index in [2.05, 4.69) is 27.9 Å². The first-order valence-corrected chi connectivity index (χ1v) is 9.45. The fourth-order valence-electron chi connectivity index (χ4n) is 3.37. The maximum absolute atomic E-state index is 12.1. The molecule has 1 fully saturated rings. The van der Waals surface area contributed by atoms with Gasteiger partial charge in [0.15, 0.2) is 5.96 Å². The summed E-state index contributed by atoms with van der Waals surface area (Å²) in [6, 6.07) is 7.05. The Morgan fingerprint density at radius 2 is 1.84 bits per heavy atom. The van der Waals surface area contributed by atoms with Crippen molar-refractivity contribution in [2.75, 3.05) is 26.7 Å². The van der Waals surface area contributed by atoms with Crippen molar-refractivity contribution in [3.05, 3.63) is 34.9 Å². The minimum atomic E-state index is -0.161. The Hall–Kier alpha value is -1.75. The number of nitrogens with zero attached hydrogens (tertiary/aromatic N) is 1. The Balaban J connectivity index is 1.71. The molecule has 2 rings (SSSR count). The van der Waals surface area contributed by atoms with Gasteiger partial charge in [0.25, 0.3) is 5.91 Å². The summed E-state index contributed by atoms with van der Waals surface area (Å²) in [5.41, 5.74) is 0.911. The number of hydrogen-bond donors (Lipinski definition) is 3. The van der Waals surface area contributed by atoms with E-state index in [0.29, 0.717) is 29.1 Å². The van der Waals surface area contributed by atoms with Crippen molar-refractivity contribution >= 4 is 23.5 Å². The molecule has 0 radical (unpaired) electrons. The molecule has 5 nitrogen and oxygen atoms in total. The second-order valence-corrected chi connectivity index (χ2v) is 7.06. The number of amides is 1. The SMILES string of the molecule is CCC1(CNC(=NC)NCCNC(=O)c2ccccc2Cl)CCCC1. The number of rotatable bonds is 7. The number of aliphatic imine (C=N–C) groups is 1. The first-order valence-electron chi connectivity index (χ1n) is 9.07. The molecule has 1 aliphatic rings. The Kier molecular flexibility index (Phi) is 7.56. The lowest BCUT2D eigenvalue weighted by molar-refractivity contribution is 0.0954. The van der Waals surface area contributed by atoms with Gasteiger partial charge in [-0.15, -0.1) is 0 Å². The maximum Gasteiger partial charge on any atom is 0.252 e. The summed E-state index contributed by atoms with van der Waals surface area (Å²) in [7, 11) is 1.77. The van der Waals surface area contributed by atoms with Crippen molar-refractivity contribution in [2.24, 2.45) is 10.4 Å². The lowest BCUT2D eigenvalue weighted by atomic mass is 9.83. The van der Waals surface area contributed by atoms with Crippen LogP contribution in [0.1, 0.15) is 49.4 Å². The van der Waals surface area contributed by atoms with Gasteiger partial charge in [-0.05, 0) is 36.8 Å². The first kappa shape index (κ1) is 19.6. The Labute approximate surface area is 155 Å². The van der Waals surface area contributed by atoms with E-state index in [9.17, 15) is 4.79 Å². The molecule has 6 heteroatoms. The second-order valence-electron chi connectivity index (χ2n) is 6.65. The summed E-state index contributed by atoms with van der Waals surface area (Å²) >= 11 is 6.03. The van der Waals surface area contributed by atoms with Crippen LogP contribution in [-0.2, 0) is 0 Å². The van der Waals surface area contributed by atoms with Gasteiger partial charge in [0.2, 0.25) is 0 Å². The van der Waals surface area contributed by atoms with Crippen molar-refractivity contribution < 1.29 is 4.79 Å². The fraction of sp³-hybridized carbons (Fsp3) is 0.579. The minimum Gasteiger partial charge on any atom is -0.356 e. The largest absolute Gasteiger partial charge is 0.356 e. The molecule has 0 heterocycles. The van der Waals surface area contributed by atoms with Gasteiger partial charge in [0, 0.05) is 26.7 Å². The van der Waals surface area contributed by atoms with E-state index in [1.165, 1.54) is 32.1 Å². The number of carbonyl (C=O) groups is 1. The molecule has 25 heavy (non-hydrogen) atoms. The van der Waals surface area contributed by atoms with Crippen LogP contribution in [0.2, 0.25) is 5.02 Å². The minimum absolute atomic E-state index is 0.161. The van der Waals surface area contributed by atoms with Crippen LogP contribution in [-0.4, -0.2) is 38.5 Å². The topological polar surface area (TPSA) is 65.5 Å². The van der Waals surface area contributed by atoms with Crippen molar-refractivity contribution in [2.45, 2.75) is 39.0 Å². The van der Waals surface area contributed by atoms with Crippen LogP contribution in [0.4, 0.5) is 0 Å². The van der Waals surface area contributed by atoms with Crippen LogP contribution in [0.5, 0.6) is 0 Å². The van der Waals surface area contributed by atoms with E-state index in [1.54, 1.807) is 25.2 Å². The quantitative estimate of drug-likeness (QED) is 0.395. The van der Waals surface area contributed by atoms with Crippen molar-refractivity contribution in [3.63, 3.8) is 0 Å². The lowest BCUT2D eigenvalue weighted by Crippen LogP contribution is -2.45. The predicted molar refractivity (Wildman–Crippen MR) is 104 cm³/mol. The molecule has 1 amide bonds. The molecule has 0 bridgehead atoms. The molecule has 1 saturated carbocycles. The summed E-state index contributed by atoms with van der Waals surface area (Å²) in [6.45, 7) is 4.33. The monoisotopic (exact) mass is 364 g/mol. The molecule has 0 saturated heterocycles. The molecule has 1 aromatic carbocycles. The first-order chi connectivity index (χ1) is 12.1. The Bertz CT molecular complexity index is 597. The van der Waals surface area contributed by atoms with Crippen LogP contribution in [0.3, 0.4) is 0 Å². The molecule has 0 aliphatic heterocycles. The third kappa shape index (κ3) is 5.63. The highest BCUT2D eigenvalue weighted by atomic mass is 35.5. The molecular weight excluding hydrogens is 336 g/mol. The van der Waals surface area contributed by atoms with Gasteiger partial charge in [-0.3, -0.25) is 9.79 Å². The lowest BCUT2D eigenvalue weighted by Gasteiger charge is -2.28. The van der Waals surface area contributed by atoms with Crippen molar-refractivity contribution in [1.29, 1.82) is 0 Å². The zero-order valence-corrected chi connectivity index (χ0v) is 16.0. The molecule has 1 aliphatic carbocycles. The number of nitrogens with one attached hydrogen (secondary N) is 3. The molecule has 0 unspecified atom stereocenters. The number of benzene rings is 1. The summed E-state index contributed by atoms with van der Waals surface area (Å²) in [5.74, 6) is 0.623. The number of halogens is 1. The van der Waals surface area contributed by atoms with Crippen LogP contribution < -0.4 is 16.0 Å². The third-order valence-electron chi connectivity index (χ3n) is 5.09. The standard InChI is InChI=1S/C19H29ClN4O/c1-3-19(10-6-7-11-19)14-24-18(21-2)23-13-12-22-17(25)15-8-4-5-9-16(15)20/h4-5,8-9H,3,6-7,10-14H2,1-2H3,(H,22,25)(H2,21,23,24). The average Bonchev–Trinajstić information content (AvgIpc) is 3.11. The van der Waals surface area contributed by atoms with Gasteiger partial charge in [-0.2, -0.15) is 0 Å². The zero-order valence-electron chi connectivity index (χ0n) is 15.2. The fourth-order valence-corrected chi connectivity index (χ4v) is 3.59. The highest BCUT2D eigenvalue weighted by Gasteiger charge is 2.31. The molecule has 1 aromatic rings. The molecule has 3 N–H and O–H groups in total. The number of carbonyl (C=O) groups excluding carboxylic acids is 1. The van der Waals surface area contributed by atoms with Crippen LogP contribution in [0, 0.1) is 5.41 Å². The van der Waals surface area contributed by atoms with Crippen molar-refractivity contribution in [1.82, 2.24) is 16.0 Å². The molecule has 138 valence electrons. The average molecular weight is 365 g/mol. The number of guanidine groups is 1. The predicted octanol–water partition coefficient (Wildman–Crippen LogP) is 3.21.